The van der Waals surface area contributed by atoms with Gasteiger partial charge in [0.25, 0.3) is 0 Å². The van der Waals surface area contributed by atoms with Crippen LogP contribution in [-0.4, -0.2) is 47.9 Å². The van der Waals surface area contributed by atoms with Crippen molar-refractivity contribution < 1.29 is 0 Å². The number of aromatic nitrogens is 3. The van der Waals surface area contributed by atoms with Crippen LogP contribution < -0.4 is 15.5 Å². The Morgan fingerprint density at radius 1 is 1.07 bits per heavy atom. The number of hydrogen-bond acceptors (Lipinski definition) is 4. The van der Waals surface area contributed by atoms with Crippen molar-refractivity contribution >= 4 is 35.8 Å². The second kappa shape index (κ2) is 12.2. The number of nitrogens with zero attached hydrogens (tertiary/aromatic N) is 5. The topological polar surface area (TPSA) is 70.4 Å². The Hall–Kier alpha value is -2.62. The highest BCUT2D eigenvalue weighted by atomic mass is 127. The molecule has 2 heterocycles. The van der Waals surface area contributed by atoms with Crippen LogP contribution in [0.2, 0.25) is 0 Å². The molecule has 8 heteroatoms. The van der Waals surface area contributed by atoms with Gasteiger partial charge in [-0.15, -0.1) is 24.0 Å². The summed E-state index contributed by atoms with van der Waals surface area (Å²) in [7, 11) is 3.98. The molecule has 30 heavy (non-hydrogen) atoms. The zero-order valence-corrected chi connectivity index (χ0v) is 20.1. The molecule has 0 saturated carbocycles. The van der Waals surface area contributed by atoms with Gasteiger partial charge >= 0.3 is 0 Å². The molecule has 0 radical (unpaired) electrons. The Kier molecular flexibility index (Phi) is 9.59. The van der Waals surface area contributed by atoms with E-state index in [1.807, 2.05) is 48.2 Å². The number of halogens is 1. The van der Waals surface area contributed by atoms with Crippen molar-refractivity contribution in [3.8, 4) is 5.69 Å². The van der Waals surface area contributed by atoms with Gasteiger partial charge in [0.05, 0.1) is 12.2 Å². The first-order valence-electron chi connectivity index (χ1n) is 9.89. The molecule has 1 aromatic carbocycles. The molecular formula is C22H30IN7. The quantitative estimate of drug-likeness (QED) is 0.272. The van der Waals surface area contributed by atoms with Crippen molar-refractivity contribution in [2.24, 2.45) is 4.99 Å². The lowest BCUT2D eigenvalue weighted by molar-refractivity contribution is 0.798. The molecule has 0 bridgehead atoms. The number of guanidine groups is 1. The minimum atomic E-state index is 0. The maximum atomic E-state index is 4.70. The third kappa shape index (κ3) is 7.01. The third-order valence-corrected chi connectivity index (χ3v) is 4.44. The van der Waals surface area contributed by atoms with Gasteiger partial charge in [0, 0.05) is 45.8 Å². The third-order valence-electron chi connectivity index (χ3n) is 4.44. The van der Waals surface area contributed by atoms with Crippen LogP contribution in [0.3, 0.4) is 0 Å². The largest absolute Gasteiger partial charge is 0.363 e. The smallest absolute Gasteiger partial charge is 0.191 e. The molecule has 0 fully saturated rings. The molecule has 0 atom stereocenters. The Labute approximate surface area is 195 Å². The van der Waals surface area contributed by atoms with Crippen LogP contribution in [0.5, 0.6) is 0 Å². The summed E-state index contributed by atoms with van der Waals surface area (Å²) in [5.41, 5.74) is 3.47. The van der Waals surface area contributed by atoms with Crippen molar-refractivity contribution in [2.75, 3.05) is 32.1 Å². The van der Waals surface area contributed by atoms with Gasteiger partial charge in [-0.2, -0.15) is 5.10 Å². The lowest BCUT2D eigenvalue weighted by Crippen LogP contribution is -2.38. The number of anilines is 1. The molecule has 0 amide bonds. The summed E-state index contributed by atoms with van der Waals surface area (Å²) in [6.45, 7) is 4.31. The molecular weight excluding hydrogens is 489 g/mol. The van der Waals surface area contributed by atoms with Crippen LogP contribution in [0, 0.1) is 0 Å². The first-order valence-corrected chi connectivity index (χ1v) is 9.89. The number of nitrogens with one attached hydrogen (secondary N) is 2. The summed E-state index contributed by atoms with van der Waals surface area (Å²) in [6.07, 6.45) is 6.48. The van der Waals surface area contributed by atoms with E-state index >= 15 is 0 Å². The number of rotatable bonds is 8. The van der Waals surface area contributed by atoms with Gasteiger partial charge in [-0.1, -0.05) is 12.1 Å². The Balaban J connectivity index is 0.00000320. The zero-order valence-electron chi connectivity index (χ0n) is 17.7. The van der Waals surface area contributed by atoms with Crippen molar-refractivity contribution in [3.05, 3.63) is 72.2 Å². The van der Waals surface area contributed by atoms with Crippen molar-refractivity contribution in [3.63, 3.8) is 0 Å². The van der Waals surface area contributed by atoms with Gasteiger partial charge < -0.3 is 15.5 Å². The van der Waals surface area contributed by atoms with Crippen LogP contribution >= 0.6 is 24.0 Å². The van der Waals surface area contributed by atoms with E-state index in [2.05, 4.69) is 58.0 Å². The highest BCUT2D eigenvalue weighted by Gasteiger charge is 2.02. The highest BCUT2D eigenvalue weighted by Crippen LogP contribution is 2.11. The van der Waals surface area contributed by atoms with Gasteiger partial charge in [-0.05, 0) is 54.8 Å². The fourth-order valence-corrected chi connectivity index (χ4v) is 2.88. The first-order chi connectivity index (χ1) is 14.2. The summed E-state index contributed by atoms with van der Waals surface area (Å²) in [6, 6.07) is 14.5. The summed E-state index contributed by atoms with van der Waals surface area (Å²) < 4.78 is 1.86. The molecule has 0 unspecified atom stereocenters. The molecule has 0 aliphatic heterocycles. The van der Waals surface area contributed by atoms with E-state index in [1.165, 1.54) is 5.56 Å². The van der Waals surface area contributed by atoms with E-state index in [9.17, 15) is 0 Å². The second-order valence-corrected chi connectivity index (χ2v) is 6.91. The molecule has 7 nitrogen and oxygen atoms in total. The standard InChI is InChI=1S/C22H29N7.HI/c1-4-23-22(26-17-19-11-13-24-21(16-19)28(2)3)25-14-10-18-6-8-20(9-7-18)29-15-5-12-27-29;/h5-9,11-13,15-16H,4,10,14,17H2,1-3H3,(H2,23,25,26);1H. The average Bonchev–Trinajstić information content (AvgIpc) is 3.27. The lowest BCUT2D eigenvalue weighted by Gasteiger charge is -2.13. The molecule has 0 saturated heterocycles. The zero-order chi connectivity index (χ0) is 20.5. The monoisotopic (exact) mass is 519 g/mol. The van der Waals surface area contributed by atoms with Gasteiger partial charge in [-0.25, -0.2) is 14.7 Å². The molecule has 3 aromatic rings. The van der Waals surface area contributed by atoms with Gasteiger partial charge in [0.2, 0.25) is 0 Å². The summed E-state index contributed by atoms with van der Waals surface area (Å²) in [4.78, 5) is 11.0. The lowest BCUT2D eigenvalue weighted by atomic mass is 10.1. The predicted octanol–water partition coefficient (Wildman–Crippen LogP) is 3.25. The predicted molar refractivity (Wildman–Crippen MR) is 134 cm³/mol. The normalized spacial score (nSPS) is 11.0. The Morgan fingerprint density at radius 3 is 2.53 bits per heavy atom. The van der Waals surface area contributed by atoms with E-state index in [0.717, 1.165) is 42.5 Å². The molecule has 0 aliphatic carbocycles. The molecule has 0 spiro atoms. The van der Waals surface area contributed by atoms with Crippen molar-refractivity contribution in [1.29, 1.82) is 0 Å². The second-order valence-electron chi connectivity index (χ2n) is 6.91. The van der Waals surface area contributed by atoms with Crippen molar-refractivity contribution in [2.45, 2.75) is 19.9 Å². The Morgan fingerprint density at radius 2 is 1.87 bits per heavy atom. The van der Waals surface area contributed by atoms with Gasteiger partial charge in [0.15, 0.2) is 5.96 Å². The summed E-state index contributed by atoms with van der Waals surface area (Å²) >= 11 is 0. The van der Waals surface area contributed by atoms with Gasteiger partial charge in [-0.3, -0.25) is 0 Å². The van der Waals surface area contributed by atoms with E-state index in [1.54, 1.807) is 6.20 Å². The molecule has 3 rings (SSSR count). The maximum Gasteiger partial charge on any atom is 0.191 e. The number of pyridine rings is 1. The number of hydrogen-bond donors (Lipinski definition) is 2. The molecule has 160 valence electrons. The Bertz CT molecular complexity index is 906. The number of aliphatic imine (C=N–C) groups is 1. The first kappa shape index (κ1) is 23.7. The molecule has 2 aromatic heterocycles. The van der Waals surface area contributed by atoms with Gasteiger partial charge in [0.1, 0.15) is 5.82 Å². The minimum Gasteiger partial charge on any atom is -0.363 e. The van der Waals surface area contributed by atoms with E-state index < -0.39 is 0 Å². The van der Waals surface area contributed by atoms with E-state index in [-0.39, 0.29) is 24.0 Å². The fraction of sp³-hybridized carbons (Fsp3) is 0.318. The van der Waals surface area contributed by atoms with Crippen LogP contribution in [0.4, 0.5) is 5.82 Å². The maximum absolute atomic E-state index is 4.70. The van der Waals surface area contributed by atoms with Crippen LogP contribution in [0.15, 0.2) is 66.0 Å². The van der Waals surface area contributed by atoms with Crippen LogP contribution in [0.25, 0.3) is 5.69 Å². The van der Waals surface area contributed by atoms with E-state index in [4.69, 9.17) is 4.99 Å². The summed E-state index contributed by atoms with van der Waals surface area (Å²) in [5, 5.41) is 11.0. The molecule has 2 N–H and O–H groups in total. The highest BCUT2D eigenvalue weighted by molar-refractivity contribution is 14.0. The molecule has 0 aliphatic rings. The average molecular weight is 519 g/mol. The van der Waals surface area contributed by atoms with Crippen molar-refractivity contribution in [1.82, 2.24) is 25.4 Å². The number of benzene rings is 1. The van der Waals surface area contributed by atoms with E-state index in [0.29, 0.717) is 6.54 Å². The summed E-state index contributed by atoms with van der Waals surface area (Å²) in [5.74, 6) is 1.76. The fourth-order valence-electron chi connectivity index (χ4n) is 2.88. The van der Waals surface area contributed by atoms with Crippen LogP contribution in [0.1, 0.15) is 18.1 Å². The minimum absolute atomic E-state index is 0. The SMILES string of the molecule is CCNC(=NCc1ccnc(N(C)C)c1)NCCc1ccc(-n2cccn2)cc1.I. The van der Waals surface area contributed by atoms with Crippen LogP contribution in [-0.2, 0) is 13.0 Å².